The van der Waals surface area contributed by atoms with Crippen molar-refractivity contribution in [3.05, 3.63) is 51.1 Å². The molecule has 124 valence electrons. The summed E-state index contributed by atoms with van der Waals surface area (Å²) in [5, 5.41) is 24.3. The van der Waals surface area contributed by atoms with Gasteiger partial charge in [0, 0.05) is 18.7 Å². The summed E-state index contributed by atoms with van der Waals surface area (Å²) in [6, 6.07) is 3.32. The van der Waals surface area contributed by atoms with E-state index < -0.39 is 15.8 Å². The summed E-state index contributed by atoms with van der Waals surface area (Å²) in [5.41, 5.74) is -0.594. The lowest BCUT2D eigenvalue weighted by Gasteiger charge is -2.08. The Bertz CT molecular complexity index is 603. The summed E-state index contributed by atoms with van der Waals surface area (Å²) in [7, 11) is 0. The van der Waals surface area contributed by atoms with Gasteiger partial charge in [0.15, 0.2) is 0 Å². The normalized spacial score (nSPS) is 9.91. The predicted molar refractivity (Wildman–Crippen MR) is 80.2 cm³/mol. The van der Waals surface area contributed by atoms with Crippen LogP contribution in [0, 0.1) is 20.2 Å². The predicted octanol–water partition coefficient (Wildman–Crippen LogP) is 1.66. The molecule has 10 nitrogen and oxygen atoms in total. The third-order valence-electron chi connectivity index (χ3n) is 2.59. The molecule has 0 amide bonds. The number of rotatable bonds is 10. The van der Waals surface area contributed by atoms with Crippen LogP contribution in [0.15, 0.2) is 30.9 Å². The van der Waals surface area contributed by atoms with E-state index in [2.05, 4.69) is 16.6 Å². The first-order valence-corrected chi connectivity index (χ1v) is 6.49. The highest BCUT2D eigenvalue weighted by atomic mass is 16.6. The molecule has 23 heavy (non-hydrogen) atoms. The number of anilines is 1. The highest BCUT2D eigenvalue weighted by Gasteiger charge is 2.18. The van der Waals surface area contributed by atoms with Crippen molar-refractivity contribution in [2.24, 2.45) is 0 Å². The Morgan fingerprint density at radius 3 is 2.57 bits per heavy atom. The number of nitro benzene ring substituents is 2. The van der Waals surface area contributed by atoms with Crippen LogP contribution in [0.1, 0.15) is 0 Å². The summed E-state index contributed by atoms with van der Waals surface area (Å²) < 4.78 is 9.85. The number of nitro groups is 2. The molecule has 0 unspecified atom stereocenters. The number of ether oxygens (including phenoxy) is 2. The fourth-order valence-electron chi connectivity index (χ4n) is 1.55. The van der Waals surface area contributed by atoms with Gasteiger partial charge in [0.2, 0.25) is 0 Å². The van der Waals surface area contributed by atoms with Crippen molar-refractivity contribution in [3.63, 3.8) is 0 Å². The first-order chi connectivity index (χ1) is 11.0. The van der Waals surface area contributed by atoms with Gasteiger partial charge < -0.3 is 14.8 Å². The molecule has 0 fully saturated rings. The molecule has 1 rings (SSSR count). The van der Waals surface area contributed by atoms with E-state index in [1.807, 2.05) is 0 Å². The van der Waals surface area contributed by atoms with Crippen LogP contribution < -0.4 is 5.32 Å². The van der Waals surface area contributed by atoms with Crippen LogP contribution in [0.3, 0.4) is 0 Å². The second kappa shape index (κ2) is 9.10. The van der Waals surface area contributed by atoms with Crippen LogP contribution in [0.2, 0.25) is 0 Å². The Kier molecular flexibility index (Phi) is 7.14. The maximum absolute atomic E-state index is 10.9. The molecule has 0 radical (unpaired) electrons. The zero-order valence-electron chi connectivity index (χ0n) is 12.1. The molecule has 10 heteroatoms. The lowest BCUT2D eigenvalue weighted by Crippen LogP contribution is -2.14. The summed E-state index contributed by atoms with van der Waals surface area (Å²) in [4.78, 5) is 30.9. The van der Waals surface area contributed by atoms with E-state index in [1.165, 1.54) is 12.1 Å². The van der Waals surface area contributed by atoms with Gasteiger partial charge in [0.1, 0.15) is 12.3 Å². The quantitative estimate of drug-likeness (QED) is 0.226. The summed E-state index contributed by atoms with van der Waals surface area (Å²) in [6.45, 7) is 3.93. The molecule has 1 aromatic carbocycles. The molecular formula is C13H15N3O7. The van der Waals surface area contributed by atoms with Crippen LogP contribution in [0.25, 0.3) is 0 Å². The van der Waals surface area contributed by atoms with E-state index >= 15 is 0 Å². The molecule has 0 spiro atoms. The molecule has 0 saturated heterocycles. The number of hydrogen-bond donors (Lipinski definition) is 1. The third kappa shape index (κ3) is 6.09. The van der Waals surface area contributed by atoms with Crippen molar-refractivity contribution >= 4 is 23.0 Å². The molecule has 0 aliphatic carbocycles. The molecule has 0 aliphatic heterocycles. The van der Waals surface area contributed by atoms with Gasteiger partial charge in [0.25, 0.3) is 11.4 Å². The number of non-ortho nitro benzene ring substituents is 1. The Morgan fingerprint density at radius 1 is 1.22 bits per heavy atom. The van der Waals surface area contributed by atoms with Crippen molar-refractivity contribution in [1.82, 2.24) is 0 Å². The van der Waals surface area contributed by atoms with Gasteiger partial charge in [-0.3, -0.25) is 20.2 Å². The monoisotopic (exact) mass is 325 g/mol. The zero-order chi connectivity index (χ0) is 17.2. The molecule has 1 aromatic rings. The van der Waals surface area contributed by atoms with Crippen LogP contribution in [-0.4, -0.2) is 42.2 Å². The van der Waals surface area contributed by atoms with Crippen molar-refractivity contribution in [2.75, 3.05) is 31.7 Å². The molecule has 0 aromatic heterocycles. The molecule has 0 bridgehead atoms. The maximum atomic E-state index is 10.9. The highest BCUT2D eigenvalue weighted by Crippen LogP contribution is 2.28. The van der Waals surface area contributed by atoms with Crippen LogP contribution in [-0.2, 0) is 14.3 Å². The standard InChI is InChI=1S/C13H15N3O7/c1-2-13(17)23-8-7-22-6-5-14-11-4-3-10(15(18)19)9-12(11)16(20)21/h2-4,9,14H,1,5-8H2. The number of esters is 1. The topological polar surface area (TPSA) is 134 Å². The zero-order valence-corrected chi connectivity index (χ0v) is 12.1. The minimum absolute atomic E-state index is 0.0720. The van der Waals surface area contributed by atoms with Gasteiger partial charge >= 0.3 is 5.97 Å². The van der Waals surface area contributed by atoms with Gasteiger partial charge in [-0.2, -0.15) is 0 Å². The smallest absolute Gasteiger partial charge is 0.330 e. The van der Waals surface area contributed by atoms with Gasteiger partial charge in [-0.25, -0.2) is 4.79 Å². The van der Waals surface area contributed by atoms with E-state index in [-0.39, 0.29) is 43.4 Å². The number of nitrogens with zero attached hydrogens (tertiary/aromatic N) is 2. The van der Waals surface area contributed by atoms with E-state index in [0.717, 1.165) is 12.1 Å². The van der Waals surface area contributed by atoms with Gasteiger partial charge in [0.05, 0.1) is 29.1 Å². The lowest BCUT2D eigenvalue weighted by atomic mass is 10.2. The fourth-order valence-corrected chi connectivity index (χ4v) is 1.55. The Balaban J connectivity index is 2.42. The maximum Gasteiger partial charge on any atom is 0.330 e. The van der Waals surface area contributed by atoms with Crippen molar-refractivity contribution in [3.8, 4) is 0 Å². The molecule has 0 atom stereocenters. The van der Waals surface area contributed by atoms with E-state index in [4.69, 9.17) is 4.74 Å². The summed E-state index contributed by atoms with van der Waals surface area (Å²) in [6.07, 6.45) is 1.04. The SMILES string of the molecule is C=CC(=O)OCCOCCNc1ccc([N+](=O)[O-])cc1[N+](=O)[O-]. The average molecular weight is 325 g/mol. The second-order valence-corrected chi connectivity index (χ2v) is 4.13. The minimum atomic E-state index is -0.704. The molecule has 0 heterocycles. The first kappa shape index (κ1) is 18.0. The second-order valence-electron chi connectivity index (χ2n) is 4.13. The Hall–Kier alpha value is -3.01. The number of carbonyl (C=O) groups excluding carboxylic acids is 1. The van der Waals surface area contributed by atoms with Gasteiger partial charge in [-0.1, -0.05) is 6.58 Å². The lowest BCUT2D eigenvalue weighted by molar-refractivity contribution is -0.393. The number of hydrogen-bond acceptors (Lipinski definition) is 8. The Morgan fingerprint density at radius 2 is 1.96 bits per heavy atom. The average Bonchev–Trinajstić information content (AvgIpc) is 2.53. The van der Waals surface area contributed by atoms with Crippen molar-refractivity contribution in [1.29, 1.82) is 0 Å². The third-order valence-corrected chi connectivity index (χ3v) is 2.59. The van der Waals surface area contributed by atoms with E-state index in [1.54, 1.807) is 0 Å². The van der Waals surface area contributed by atoms with Gasteiger partial charge in [-0.15, -0.1) is 0 Å². The molecule has 0 aliphatic rings. The van der Waals surface area contributed by atoms with Crippen LogP contribution in [0.5, 0.6) is 0 Å². The molecule has 1 N–H and O–H groups in total. The highest BCUT2D eigenvalue weighted by molar-refractivity contribution is 5.81. The van der Waals surface area contributed by atoms with Crippen molar-refractivity contribution < 1.29 is 24.1 Å². The number of benzene rings is 1. The fraction of sp³-hybridized carbons (Fsp3) is 0.308. The summed E-state index contributed by atoms with van der Waals surface area (Å²) in [5.74, 6) is -0.548. The Labute approximate surface area is 131 Å². The number of nitrogens with one attached hydrogen (secondary N) is 1. The summed E-state index contributed by atoms with van der Waals surface area (Å²) >= 11 is 0. The van der Waals surface area contributed by atoms with Crippen LogP contribution in [0.4, 0.5) is 17.1 Å². The van der Waals surface area contributed by atoms with E-state index in [0.29, 0.717) is 0 Å². The largest absolute Gasteiger partial charge is 0.460 e. The van der Waals surface area contributed by atoms with E-state index in [9.17, 15) is 25.0 Å². The first-order valence-electron chi connectivity index (χ1n) is 6.49. The number of carbonyl (C=O) groups is 1. The molecule has 0 saturated carbocycles. The van der Waals surface area contributed by atoms with Crippen molar-refractivity contribution in [2.45, 2.75) is 0 Å². The minimum Gasteiger partial charge on any atom is -0.460 e. The van der Waals surface area contributed by atoms with Gasteiger partial charge in [-0.05, 0) is 6.07 Å². The van der Waals surface area contributed by atoms with Crippen LogP contribution >= 0.6 is 0 Å². The molecular weight excluding hydrogens is 310 g/mol.